The molecule has 6 heteroatoms. The van der Waals surface area contributed by atoms with E-state index in [2.05, 4.69) is 5.32 Å². The second kappa shape index (κ2) is 4.20. The molecule has 1 N–H and O–H groups in total. The first-order valence-electron chi connectivity index (χ1n) is 4.95. The minimum Gasteiger partial charge on any atom is -0.296 e. The Balaban J connectivity index is 2.22. The molecule has 90 valence electrons. The van der Waals surface area contributed by atoms with E-state index in [1.807, 2.05) is 0 Å². The molecule has 1 aliphatic rings. The summed E-state index contributed by atoms with van der Waals surface area (Å²) in [6.45, 7) is 0. The number of halogens is 3. The topological polar surface area (TPSA) is 46.2 Å². The maximum Gasteiger partial charge on any atom is 0.230 e. The van der Waals surface area contributed by atoms with Gasteiger partial charge in [-0.15, -0.1) is 0 Å². The lowest BCUT2D eigenvalue weighted by Gasteiger charge is -2.07. The van der Waals surface area contributed by atoms with E-state index in [0.717, 1.165) is 12.1 Å². The first-order valence-corrected chi connectivity index (χ1v) is 4.95. The summed E-state index contributed by atoms with van der Waals surface area (Å²) >= 11 is 0. The summed E-state index contributed by atoms with van der Waals surface area (Å²) in [5, 5.41) is 2.06. The molecule has 1 fully saturated rings. The van der Waals surface area contributed by atoms with Gasteiger partial charge in [0.1, 0.15) is 0 Å². The summed E-state index contributed by atoms with van der Waals surface area (Å²) in [6.07, 6.45) is -0.183. The first-order chi connectivity index (χ1) is 7.99. The number of hydrogen-bond acceptors (Lipinski definition) is 2. The summed E-state index contributed by atoms with van der Waals surface area (Å²) in [5.41, 5.74) is -0.112. The third-order valence-corrected chi connectivity index (χ3v) is 2.65. The second-order valence-corrected chi connectivity index (χ2v) is 3.85. The number of carbonyl (C=O) groups excluding carboxylic acids is 2. The SMILES string of the molecule is O=C1CC(Cc2ccc(F)c(F)c2F)C(=O)N1. The second-order valence-electron chi connectivity index (χ2n) is 3.85. The molecule has 2 amide bonds. The molecule has 1 unspecified atom stereocenters. The number of imide groups is 1. The van der Waals surface area contributed by atoms with Crippen LogP contribution in [-0.4, -0.2) is 11.8 Å². The molecule has 1 atom stereocenters. The van der Waals surface area contributed by atoms with E-state index in [9.17, 15) is 22.8 Å². The van der Waals surface area contributed by atoms with Gasteiger partial charge in [0, 0.05) is 6.42 Å². The largest absolute Gasteiger partial charge is 0.296 e. The predicted octanol–water partition coefficient (Wildman–Crippen LogP) is 1.31. The Morgan fingerprint density at radius 1 is 1.18 bits per heavy atom. The Labute approximate surface area is 94.6 Å². The summed E-state index contributed by atoms with van der Waals surface area (Å²) < 4.78 is 38.9. The number of nitrogens with one attached hydrogen (secondary N) is 1. The Morgan fingerprint density at radius 3 is 2.47 bits per heavy atom. The van der Waals surface area contributed by atoms with Gasteiger partial charge in [0.25, 0.3) is 0 Å². The Bertz CT molecular complexity index is 502. The van der Waals surface area contributed by atoms with Gasteiger partial charge in [-0.25, -0.2) is 13.2 Å². The van der Waals surface area contributed by atoms with Crippen molar-refractivity contribution in [2.45, 2.75) is 12.8 Å². The molecule has 1 heterocycles. The first kappa shape index (κ1) is 11.6. The Hall–Kier alpha value is -1.85. The summed E-state index contributed by atoms with van der Waals surface area (Å²) in [7, 11) is 0. The standard InChI is InChI=1S/C11H8F3NO2/c12-7-2-1-5(9(13)10(7)14)3-6-4-8(16)15-11(6)17/h1-2,6H,3-4H2,(H,15,16,17). The zero-order chi connectivity index (χ0) is 12.6. The smallest absolute Gasteiger partial charge is 0.230 e. The molecule has 0 aromatic heterocycles. The number of carbonyl (C=O) groups is 2. The lowest BCUT2D eigenvalue weighted by atomic mass is 9.97. The molecule has 0 bridgehead atoms. The minimum atomic E-state index is -1.56. The van der Waals surface area contributed by atoms with Crippen molar-refractivity contribution < 1.29 is 22.8 Å². The van der Waals surface area contributed by atoms with Crippen LogP contribution in [0.1, 0.15) is 12.0 Å². The van der Waals surface area contributed by atoms with Gasteiger partial charge >= 0.3 is 0 Å². The van der Waals surface area contributed by atoms with Crippen molar-refractivity contribution in [3.63, 3.8) is 0 Å². The monoisotopic (exact) mass is 243 g/mol. The van der Waals surface area contributed by atoms with Crippen molar-refractivity contribution in [2.75, 3.05) is 0 Å². The summed E-state index contributed by atoms with van der Waals surface area (Å²) in [6, 6.07) is 1.87. The van der Waals surface area contributed by atoms with Crippen LogP contribution < -0.4 is 5.32 Å². The maximum atomic E-state index is 13.3. The molecule has 1 saturated heterocycles. The van der Waals surface area contributed by atoms with E-state index in [0.29, 0.717) is 0 Å². The third-order valence-electron chi connectivity index (χ3n) is 2.65. The van der Waals surface area contributed by atoms with E-state index in [1.54, 1.807) is 0 Å². The van der Waals surface area contributed by atoms with Crippen LogP contribution in [0.2, 0.25) is 0 Å². The van der Waals surface area contributed by atoms with Crippen LogP contribution in [0.3, 0.4) is 0 Å². The molecule has 2 rings (SSSR count). The lowest BCUT2D eigenvalue weighted by Crippen LogP contribution is -2.23. The summed E-state index contributed by atoms with van der Waals surface area (Å²) in [5.74, 6) is -5.83. The number of amides is 2. The van der Waals surface area contributed by atoms with Crippen LogP contribution in [0, 0.1) is 23.4 Å². The number of rotatable bonds is 2. The van der Waals surface area contributed by atoms with Gasteiger partial charge in [0.2, 0.25) is 11.8 Å². The molecule has 1 aromatic rings. The lowest BCUT2D eigenvalue weighted by molar-refractivity contribution is -0.125. The van der Waals surface area contributed by atoms with Crippen molar-refractivity contribution >= 4 is 11.8 Å². The van der Waals surface area contributed by atoms with E-state index in [-0.39, 0.29) is 18.4 Å². The van der Waals surface area contributed by atoms with Crippen LogP contribution in [-0.2, 0) is 16.0 Å². The van der Waals surface area contributed by atoms with Crippen molar-refractivity contribution in [3.8, 4) is 0 Å². The molecule has 0 aliphatic carbocycles. The van der Waals surface area contributed by atoms with Gasteiger partial charge in [0.15, 0.2) is 17.5 Å². The average Bonchev–Trinajstić information content (AvgIpc) is 2.58. The molecule has 0 spiro atoms. The van der Waals surface area contributed by atoms with Gasteiger partial charge < -0.3 is 0 Å². The molecule has 3 nitrogen and oxygen atoms in total. The van der Waals surface area contributed by atoms with Crippen molar-refractivity contribution in [1.29, 1.82) is 0 Å². The molecule has 0 saturated carbocycles. The van der Waals surface area contributed by atoms with E-state index in [1.165, 1.54) is 0 Å². The fraction of sp³-hybridized carbons (Fsp3) is 0.273. The maximum absolute atomic E-state index is 13.3. The van der Waals surface area contributed by atoms with Gasteiger partial charge in [-0.1, -0.05) is 6.07 Å². The van der Waals surface area contributed by atoms with Crippen LogP contribution in [0.4, 0.5) is 13.2 Å². The van der Waals surface area contributed by atoms with Crippen LogP contribution in [0.5, 0.6) is 0 Å². The highest BCUT2D eigenvalue weighted by atomic mass is 19.2. The number of hydrogen-bond donors (Lipinski definition) is 1. The van der Waals surface area contributed by atoms with Crippen molar-refractivity contribution in [2.24, 2.45) is 5.92 Å². The third kappa shape index (κ3) is 2.15. The zero-order valence-corrected chi connectivity index (χ0v) is 8.60. The molecule has 17 heavy (non-hydrogen) atoms. The van der Waals surface area contributed by atoms with E-state index >= 15 is 0 Å². The fourth-order valence-corrected chi connectivity index (χ4v) is 1.76. The van der Waals surface area contributed by atoms with Gasteiger partial charge in [-0.05, 0) is 18.1 Å². The normalized spacial score (nSPS) is 19.6. The molecule has 1 aromatic carbocycles. The van der Waals surface area contributed by atoms with Gasteiger partial charge in [-0.2, -0.15) is 0 Å². The minimum absolute atomic E-state index is 0.0583. The highest BCUT2D eigenvalue weighted by molar-refractivity contribution is 6.03. The van der Waals surface area contributed by atoms with E-state index < -0.39 is 35.2 Å². The molecule has 0 radical (unpaired) electrons. The van der Waals surface area contributed by atoms with Crippen LogP contribution >= 0.6 is 0 Å². The van der Waals surface area contributed by atoms with E-state index in [4.69, 9.17) is 0 Å². The Morgan fingerprint density at radius 2 is 1.88 bits per heavy atom. The Kier molecular flexibility index (Phi) is 2.87. The molecule has 1 aliphatic heterocycles. The quantitative estimate of drug-likeness (QED) is 0.628. The fourth-order valence-electron chi connectivity index (χ4n) is 1.76. The predicted molar refractivity (Wildman–Crippen MR) is 51.3 cm³/mol. The molecular weight excluding hydrogens is 235 g/mol. The van der Waals surface area contributed by atoms with Crippen LogP contribution in [0.15, 0.2) is 12.1 Å². The van der Waals surface area contributed by atoms with Crippen molar-refractivity contribution in [3.05, 3.63) is 35.1 Å². The average molecular weight is 243 g/mol. The molecular formula is C11H8F3NO2. The highest BCUT2D eigenvalue weighted by Crippen LogP contribution is 2.21. The number of benzene rings is 1. The highest BCUT2D eigenvalue weighted by Gasteiger charge is 2.31. The van der Waals surface area contributed by atoms with Crippen LogP contribution in [0.25, 0.3) is 0 Å². The zero-order valence-electron chi connectivity index (χ0n) is 8.60. The van der Waals surface area contributed by atoms with Crippen molar-refractivity contribution in [1.82, 2.24) is 5.32 Å². The van der Waals surface area contributed by atoms with Gasteiger partial charge in [-0.3, -0.25) is 14.9 Å². The summed E-state index contributed by atoms with van der Waals surface area (Å²) in [4.78, 5) is 22.1. The van der Waals surface area contributed by atoms with Gasteiger partial charge in [0.05, 0.1) is 5.92 Å².